The van der Waals surface area contributed by atoms with Crippen LogP contribution in [0.5, 0.6) is 0 Å². The first-order valence-electron chi connectivity index (χ1n) is 11.1. The molecule has 176 valence electrons. The minimum atomic E-state index is -4.74. The van der Waals surface area contributed by atoms with E-state index in [1.807, 2.05) is 0 Å². The molecule has 0 bridgehead atoms. The van der Waals surface area contributed by atoms with Crippen molar-refractivity contribution in [3.63, 3.8) is 0 Å². The van der Waals surface area contributed by atoms with Gasteiger partial charge in [-0.1, -0.05) is 30.1 Å². The number of nitrogens with one attached hydrogen (secondary N) is 1. The van der Waals surface area contributed by atoms with Crippen molar-refractivity contribution in [2.75, 3.05) is 6.61 Å². The van der Waals surface area contributed by atoms with Crippen molar-refractivity contribution in [2.24, 2.45) is 0 Å². The van der Waals surface area contributed by atoms with E-state index in [1.165, 1.54) is 6.07 Å². The van der Waals surface area contributed by atoms with Crippen molar-refractivity contribution in [3.8, 4) is 11.4 Å². The fourth-order valence-electron chi connectivity index (χ4n) is 4.90. The topological polar surface area (TPSA) is 97.6 Å². The van der Waals surface area contributed by atoms with Crippen LogP contribution >= 0.6 is 0 Å². The standard InChI is InChI=1S/C22H23F3N4O4/c23-22(24,25)21-27-18(28-33-21)12-7-8-13-11-29(20(31)14(13)10-12)16-5-2-1-4-15(16)26-19(30)17-6-3-9-32-17/h7-8,10,15-17H,1-6,9,11H2,(H,26,30)/t15?,16?,17-/m1/s1. The van der Waals surface area contributed by atoms with Crippen LogP contribution in [0.2, 0.25) is 0 Å². The zero-order chi connectivity index (χ0) is 23.2. The van der Waals surface area contributed by atoms with Crippen LogP contribution in [0.4, 0.5) is 13.2 Å². The van der Waals surface area contributed by atoms with Crippen LogP contribution in [0.25, 0.3) is 11.4 Å². The molecule has 2 fully saturated rings. The number of rotatable bonds is 4. The first-order valence-corrected chi connectivity index (χ1v) is 11.1. The molecule has 33 heavy (non-hydrogen) atoms. The van der Waals surface area contributed by atoms with Crippen molar-refractivity contribution >= 4 is 11.8 Å². The van der Waals surface area contributed by atoms with Gasteiger partial charge in [0, 0.05) is 30.3 Å². The Hall–Kier alpha value is -2.95. The molecule has 2 amide bonds. The van der Waals surface area contributed by atoms with Crippen LogP contribution in [0, 0.1) is 0 Å². The van der Waals surface area contributed by atoms with Crippen LogP contribution in [0.1, 0.15) is 60.3 Å². The molecule has 1 aromatic heterocycles. The summed E-state index contributed by atoms with van der Waals surface area (Å²) in [5, 5.41) is 6.50. The quantitative estimate of drug-likeness (QED) is 0.746. The van der Waals surface area contributed by atoms with Gasteiger partial charge in [0.25, 0.3) is 5.91 Å². The number of aromatic nitrogens is 2. The summed E-state index contributed by atoms with van der Waals surface area (Å²) >= 11 is 0. The molecular formula is C22H23F3N4O4. The highest BCUT2D eigenvalue weighted by Gasteiger charge is 2.41. The van der Waals surface area contributed by atoms with E-state index < -0.39 is 18.2 Å². The smallest absolute Gasteiger partial charge is 0.368 e. The average Bonchev–Trinajstić information content (AvgIpc) is 3.54. The first kappa shape index (κ1) is 21.9. The summed E-state index contributed by atoms with van der Waals surface area (Å²) in [4.78, 5) is 31.0. The van der Waals surface area contributed by atoms with Gasteiger partial charge in [0.2, 0.25) is 11.7 Å². The lowest BCUT2D eigenvalue weighted by Crippen LogP contribution is -2.55. The second-order valence-corrected chi connectivity index (χ2v) is 8.69. The van der Waals surface area contributed by atoms with E-state index in [1.54, 1.807) is 17.0 Å². The van der Waals surface area contributed by atoms with Crippen molar-refractivity contribution < 1.29 is 32.0 Å². The highest BCUT2D eigenvalue weighted by atomic mass is 19.4. The van der Waals surface area contributed by atoms with Crippen LogP contribution < -0.4 is 5.32 Å². The van der Waals surface area contributed by atoms with Crippen LogP contribution in [0.15, 0.2) is 22.7 Å². The van der Waals surface area contributed by atoms with E-state index in [0.717, 1.165) is 37.7 Å². The predicted molar refractivity (Wildman–Crippen MR) is 108 cm³/mol. The summed E-state index contributed by atoms with van der Waals surface area (Å²) in [6, 6.07) is 4.47. The maximum Gasteiger partial charge on any atom is 0.471 e. The summed E-state index contributed by atoms with van der Waals surface area (Å²) in [5.41, 5.74) is 1.45. The van der Waals surface area contributed by atoms with Gasteiger partial charge in [-0.3, -0.25) is 9.59 Å². The summed E-state index contributed by atoms with van der Waals surface area (Å²) in [6.07, 6.45) is -0.153. The maximum absolute atomic E-state index is 13.3. The summed E-state index contributed by atoms with van der Waals surface area (Å²) in [5.74, 6) is -2.00. The molecule has 2 aromatic rings. The van der Waals surface area contributed by atoms with Gasteiger partial charge in [-0.2, -0.15) is 18.2 Å². The molecule has 0 spiro atoms. The zero-order valence-corrected chi connectivity index (χ0v) is 17.7. The Kier molecular flexibility index (Phi) is 5.59. The molecule has 2 unspecified atom stereocenters. The molecule has 1 aliphatic carbocycles. The fraction of sp³-hybridized carbons (Fsp3) is 0.545. The minimum Gasteiger partial charge on any atom is -0.368 e. The molecule has 1 aromatic carbocycles. The molecule has 1 N–H and O–H groups in total. The molecule has 2 aliphatic heterocycles. The van der Waals surface area contributed by atoms with Crippen molar-refractivity contribution in [3.05, 3.63) is 35.2 Å². The van der Waals surface area contributed by atoms with E-state index >= 15 is 0 Å². The molecule has 8 nitrogen and oxygen atoms in total. The number of alkyl halides is 3. The molecule has 3 heterocycles. The average molecular weight is 464 g/mol. The normalized spacial score (nSPS) is 25.4. The van der Waals surface area contributed by atoms with Gasteiger partial charge in [0.1, 0.15) is 6.10 Å². The van der Waals surface area contributed by atoms with Gasteiger partial charge >= 0.3 is 12.1 Å². The number of hydrogen-bond acceptors (Lipinski definition) is 6. The number of nitrogens with zero attached hydrogens (tertiary/aromatic N) is 3. The molecule has 3 atom stereocenters. The molecular weight excluding hydrogens is 441 g/mol. The number of halogens is 3. The van der Waals surface area contributed by atoms with Crippen molar-refractivity contribution in [1.82, 2.24) is 20.4 Å². The molecule has 5 rings (SSSR count). The van der Waals surface area contributed by atoms with E-state index in [9.17, 15) is 22.8 Å². The Bertz CT molecular complexity index is 1060. The van der Waals surface area contributed by atoms with E-state index in [-0.39, 0.29) is 35.3 Å². The number of fused-ring (bicyclic) bond motifs is 1. The Labute approximate surface area is 187 Å². The fourth-order valence-corrected chi connectivity index (χ4v) is 4.90. The molecule has 11 heteroatoms. The van der Waals surface area contributed by atoms with Gasteiger partial charge in [0.15, 0.2) is 0 Å². The SMILES string of the molecule is O=C(NC1CCCCC1N1Cc2ccc(-c3noc(C(F)(F)F)n3)cc2C1=O)[C@H]1CCCO1. The predicted octanol–water partition coefficient (Wildman–Crippen LogP) is 3.32. The third-order valence-corrected chi connectivity index (χ3v) is 6.55. The number of carbonyl (C=O) groups is 2. The lowest BCUT2D eigenvalue weighted by Gasteiger charge is -2.38. The van der Waals surface area contributed by atoms with E-state index in [0.29, 0.717) is 25.1 Å². The largest absolute Gasteiger partial charge is 0.471 e. The Morgan fingerprint density at radius 1 is 1.15 bits per heavy atom. The summed E-state index contributed by atoms with van der Waals surface area (Å²) in [7, 11) is 0. The zero-order valence-electron chi connectivity index (χ0n) is 17.7. The Morgan fingerprint density at radius 2 is 1.97 bits per heavy atom. The van der Waals surface area contributed by atoms with Crippen LogP contribution in [0.3, 0.4) is 0 Å². The molecule has 0 radical (unpaired) electrons. The number of amides is 2. The maximum atomic E-state index is 13.3. The summed E-state index contributed by atoms with van der Waals surface area (Å²) in [6.45, 7) is 0.963. The summed E-state index contributed by atoms with van der Waals surface area (Å²) < 4.78 is 48.2. The highest BCUT2D eigenvalue weighted by Crippen LogP contribution is 2.34. The van der Waals surface area contributed by atoms with Crippen LogP contribution in [-0.4, -0.2) is 51.6 Å². The van der Waals surface area contributed by atoms with Gasteiger partial charge < -0.3 is 19.5 Å². The van der Waals surface area contributed by atoms with Gasteiger partial charge in [0.05, 0.1) is 6.04 Å². The van der Waals surface area contributed by atoms with Gasteiger partial charge in [-0.25, -0.2) is 0 Å². The third kappa shape index (κ3) is 4.21. The van der Waals surface area contributed by atoms with E-state index in [2.05, 4.69) is 20.0 Å². The van der Waals surface area contributed by atoms with Crippen LogP contribution in [-0.2, 0) is 22.3 Å². The number of benzene rings is 1. The second-order valence-electron chi connectivity index (χ2n) is 8.69. The molecule has 3 aliphatic rings. The Morgan fingerprint density at radius 3 is 2.70 bits per heavy atom. The monoisotopic (exact) mass is 464 g/mol. The first-order chi connectivity index (χ1) is 15.8. The molecule has 1 saturated carbocycles. The highest BCUT2D eigenvalue weighted by molar-refractivity contribution is 5.99. The number of ether oxygens (including phenoxy) is 1. The number of hydrogen-bond donors (Lipinski definition) is 1. The van der Waals surface area contributed by atoms with Crippen molar-refractivity contribution in [2.45, 2.75) is 69.4 Å². The van der Waals surface area contributed by atoms with Crippen molar-refractivity contribution in [1.29, 1.82) is 0 Å². The third-order valence-electron chi connectivity index (χ3n) is 6.55. The van der Waals surface area contributed by atoms with E-state index in [4.69, 9.17) is 4.74 Å². The lowest BCUT2D eigenvalue weighted by atomic mass is 9.89. The van der Waals surface area contributed by atoms with Gasteiger partial charge in [-0.15, -0.1) is 0 Å². The second kappa shape index (κ2) is 8.44. The Balaban J connectivity index is 1.34. The minimum absolute atomic E-state index is 0.131. The van der Waals surface area contributed by atoms with Gasteiger partial charge in [-0.05, 0) is 37.3 Å². The molecule has 1 saturated heterocycles. The lowest BCUT2D eigenvalue weighted by molar-refractivity contribution is -0.159. The number of carbonyl (C=O) groups excluding carboxylic acids is 2.